The molecule has 1 aromatic heterocycles. The highest BCUT2D eigenvalue weighted by Crippen LogP contribution is 2.34. The van der Waals surface area contributed by atoms with Crippen LogP contribution >= 0.6 is 11.6 Å². The lowest BCUT2D eigenvalue weighted by Gasteiger charge is -2.50. The third kappa shape index (κ3) is 9.15. The molecular formula is C36H45ClN6O3. The number of aromatic nitrogens is 1. The monoisotopic (exact) mass is 644 g/mol. The Morgan fingerprint density at radius 3 is 2.15 bits per heavy atom. The third-order valence-corrected chi connectivity index (χ3v) is 9.63. The third-order valence-electron chi connectivity index (χ3n) is 9.38. The van der Waals surface area contributed by atoms with Crippen molar-refractivity contribution in [3.8, 4) is 0 Å². The quantitative estimate of drug-likeness (QED) is 0.278. The van der Waals surface area contributed by atoms with Crippen LogP contribution in [0.15, 0.2) is 79.1 Å². The highest BCUT2D eigenvalue weighted by atomic mass is 35.5. The first kappa shape index (κ1) is 33.6. The first-order chi connectivity index (χ1) is 22.3. The molecule has 2 aromatic carbocycles. The fraction of sp³-hybridized carbons (Fsp3) is 0.444. The van der Waals surface area contributed by atoms with Crippen molar-refractivity contribution in [2.45, 2.75) is 69.0 Å². The molecule has 2 fully saturated rings. The van der Waals surface area contributed by atoms with Gasteiger partial charge in [0.05, 0.1) is 12.5 Å². The molecule has 3 amide bonds. The van der Waals surface area contributed by atoms with Gasteiger partial charge in [-0.1, -0.05) is 73.3 Å². The molecule has 1 saturated carbocycles. The van der Waals surface area contributed by atoms with Crippen molar-refractivity contribution in [3.05, 3.63) is 101 Å². The molecule has 1 aliphatic carbocycles. The zero-order valence-corrected chi connectivity index (χ0v) is 27.1. The summed E-state index contributed by atoms with van der Waals surface area (Å²) in [6.45, 7) is 3.13. The summed E-state index contributed by atoms with van der Waals surface area (Å²) in [6, 6.07) is 19.2. The van der Waals surface area contributed by atoms with E-state index in [0.29, 0.717) is 57.0 Å². The van der Waals surface area contributed by atoms with Gasteiger partial charge in [-0.15, -0.1) is 0 Å². The van der Waals surface area contributed by atoms with Gasteiger partial charge in [0.2, 0.25) is 17.7 Å². The number of carbonyl (C=O) groups is 3. The maximum Gasteiger partial charge on any atom is 0.245 e. The van der Waals surface area contributed by atoms with Crippen molar-refractivity contribution in [3.63, 3.8) is 0 Å². The van der Waals surface area contributed by atoms with E-state index in [1.54, 1.807) is 24.5 Å². The summed E-state index contributed by atoms with van der Waals surface area (Å²) in [6.07, 6.45) is 9.89. The van der Waals surface area contributed by atoms with Crippen LogP contribution in [-0.4, -0.2) is 82.9 Å². The van der Waals surface area contributed by atoms with E-state index >= 15 is 0 Å². The van der Waals surface area contributed by atoms with Gasteiger partial charge in [-0.25, -0.2) is 0 Å². The Bertz CT molecular complexity index is 1430. The van der Waals surface area contributed by atoms with E-state index in [2.05, 4.69) is 20.5 Å². The van der Waals surface area contributed by atoms with Gasteiger partial charge in [0.25, 0.3) is 0 Å². The SMILES string of the molecule is NC(Cc1ccncc1)C(=O)N[C@H](Cc1ccc(Cl)cc1)C(=O)N1CCN(C2(CNC(=O)Cc3ccccc3)CCCCC2)CC1. The summed E-state index contributed by atoms with van der Waals surface area (Å²) in [5.41, 5.74) is 8.98. The lowest BCUT2D eigenvalue weighted by molar-refractivity contribution is -0.139. The van der Waals surface area contributed by atoms with Gasteiger partial charge in [-0.3, -0.25) is 24.3 Å². The second-order valence-electron chi connectivity index (χ2n) is 12.6. The summed E-state index contributed by atoms with van der Waals surface area (Å²) >= 11 is 6.11. The minimum Gasteiger partial charge on any atom is -0.354 e. The average molecular weight is 645 g/mol. The number of carbonyl (C=O) groups excluding carboxylic acids is 3. The second kappa shape index (κ2) is 16.2. The van der Waals surface area contributed by atoms with E-state index in [-0.39, 0.29) is 23.3 Å². The molecule has 4 N–H and O–H groups in total. The summed E-state index contributed by atoms with van der Waals surface area (Å²) < 4.78 is 0. The number of pyridine rings is 1. The van der Waals surface area contributed by atoms with Crippen LogP contribution in [0.3, 0.4) is 0 Å². The average Bonchev–Trinajstić information content (AvgIpc) is 3.09. The molecule has 5 rings (SSSR count). The Morgan fingerprint density at radius 1 is 0.826 bits per heavy atom. The number of amides is 3. The number of hydrogen-bond donors (Lipinski definition) is 3. The molecule has 3 aromatic rings. The van der Waals surface area contributed by atoms with E-state index in [9.17, 15) is 14.4 Å². The zero-order chi connectivity index (χ0) is 32.4. The number of nitrogens with one attached hydrogen (secondary N) is 2. The molecule has 1 unspecified atom stereocenters. The first-order valence-electron chi connectivity index (χ1n) is 16.4. The number of rotatable bonds is 12. The van der Waals surface area contributed by atoms with Gasteiger partial charge in [-0.2, -0.15) is 0 Å². The smallest absolute Gasteiger partial charge is 0.245 e. The van der Waals surface area contributed by atoms with Gasteiger partial charge in [0, 0.05) is 62.1 Å². The van der Waals surface area contributed by atoms with Gasteiger partial charge in [0.15, 0.2) is 0 Å². The molecule has 2 atom stereocenters. The number of nitrogens with two attached hydrogens (primary N) is 1. The van der Waals surface area contributed by atoms with Crippen molar-refractivity contribution in [1.29, 1.82) is 0 Å². The van der Waals surface area contributed by atoms with Crippen LogP contribution in [0.2, 0.25) is 5.02 Å². The van der Waals surface area contributed by atoms with Crippen LogP contribution < -0.4 is 16.4 Å². The zero-order valence-electron chi connectivity index (χ0n) is 26.4. The molecule has 46 heavy (non-hydrogen) atoms. The minimum atomic E-state index is -0.803. The lowest BCUT2D eigenvalue weighted by atomic mass is 9.79. The second-order valence-corrected chi connectivity index (χ2v) is 13.0. The van der Waals surface area contributed by atoms with Crippen molar-refractivity contribution in [1.82, 2.24) is 25.4 Å². The van der Waals surface area contributed by atoms with Crippen LogP contribution in [0.25, 0.3) is 0 Å². The van der Waals surface area contributed by atoms with E-state index in [0.717, 1.165) is 42.4 Å². The summed E-state index contributed by atoms with van der Waals surface area (Å²) in [5, 5.41) is 6.82. The highest BCUT2D eigenvalue weighted by molar-refractivity contribution is 6.30. The Hall–Kier alpha value is -3.79. The molecule has 1 saturated heterocycles. The number of piperazine rings is 1. The maximum absolute atomic E-state index is 14.0. The normalized spacial score (nSPS) is 17.9. The van der Waals surface area contributed by atoms with E-state index in [4.69, 9.17) is 17.3 Å². The Balaban J connectivity index is 1.22. The van der Waals surface area contributed by atoms with Crippen LogP contribution in [0, 0.1) is 0 Å². The van der Waals surface area contributed by atoms with Crippen molar-refractivity contribution in [2.75, 3.05) is 32.7 Å². The largest absolute Gasteiger partial charge is 0.354 e. The molecule has 9 nitrogen and oxygen atoms in total. The maximum atomic E-state index is 14.0. The highest BCUT2D eigenvalue weighted by Gasteiger charge is 2.41. The van der Waals surface area contributed by atoms with Crippen LogP contribution in [0.1, 0.15) is 48.8 Å². The Kier molecular flexibility index (Phi) is 11.8. The number of benzene rings is 2. The molecule has 2 heterocycles. The topological polar surface area (TPSA) is 121 Å². The first-order valence-corrected chi connectivity index (χ1v) is 16.7. The van der Waals surface area contributed by atoms with Crippen molar-refractivity contribution < 1.29 is 14.4 Å². The predicted octanol–water partition coefficient (Wildman–Crippen LogP) is 3.54. The van der Waals surface area contributed by atoms with Crippen molar-refractivity contribution >= 4 is 29.3 Å². The van der Waals surface area contributed by atoms with Crippen molar-refractivity contribution in [2.24, 2.45) is 5.73 Å². The number of halogens is 1. The van der Waals surface area contributed by atoms with E-state index < -0.39 is 12.1 Å². The molecule has 0 spiro atoms. The van der Waals surface area contributed by atoms with E-state index in [1.807, 2.05) is 59.5 Å². The van der Waals surface area contributed by atoms with Gasteiger partial charge < -0.3 is 21.3 Å². The van der Waals surface area contributed by atoms with Crippen LogP contribution in [-0.2, 0) is 33.6 Å². The van der Waals surface area contributed by atoms with Crippen LogP contribution in [0.5, 0.6) is 0 Å². The summed E-state index contributed by atoms with van der Waals surface area (Å²) in [4.78, 5) is 48.5. The lowest BCUT2D eigenvalue weighted by Crippen LogP contribution is -2.64. The molecule has 0 bridgehead atoms. The molecule has 2 aliphatic rings. The Morgan fingerprint density at radius 2 is 1.48 bits per heavy atom. The fourth-order valence-corrected chi connectivity index (χ4v) is 6.87. The number of nitrogens with zero attached hydrogens (tertiary/aromatic N) is 3. The van der Waals surface area contributed by atoms with Crippen LogP contribution in [0.4, 0.5) is 0 Å². The molecule has 244 valence electrons. The standard InChI is InChI=1S/C36H45ClN6O3/c37-30-11-9-28(10-12-30)24-32(41-34(45)31(38)23-29-13-17-39-18-14-29)35(46)42-19-21-43(22-20-42)36(15-5-2-6-16-36)26-40-33(44)25-27-7-3-1-4-8-27/h1,3-4,7-14,17-18,31-32H,2,5-6,15-16,19-26,38H2,(H,40,44)(H,41,45)/t31?,32-/m1/s1. The Labute approximate surface area is 276 Å². The van der Waals surface area contributed by atoms with Gasteiger partial charge >= 0.3 is 0 Å². The van der Waals surface area contributed by atoms with Gasteiger partial charge in [-0.05, 0) is 60.2 Å². The molecule has 10 heteroatoms. The predicted molar refractivity (Wildman–Crippen MR) is 180 cm³/mol. The number of hydrogen-bond acceptors (Lipinski definition) is 6. The molecular weight excluding hydrogens is 600 g/mol. The minimum absolute atomic E-state index is 0.0351. The fourth-order valence-electron chi connectivity index (χ4n) is 6.74. The molecule has 0 radical (unpaired) electrons. The summed E-state index contributed by atoms with van der Waals surface area (Å²) in [7, 11) is 0. The molecule has 1 aliphatic heterocycles. The van der Waals surface area contributed by atoms with E-state index in [1.165, 1.54) is 6.42 Å². The summed E-state index contributed by atoms with van der Waals surface area (Å²) in [5.74, 6) is -0.448. The van der Waals surface area contributed by atoms with Gasteiger partial charge in [0.1, 0.15) is 6.04 Å².